The molecule has 0 saturated carbocycles. The largest absolute Gasteiger partial charge is 0.491 e. The van der Waals surface area contributed by atoms with Crippen LogP contribution in [0.25, 0.3) is 0 Å². The Labute approximate surface area is 113 Å². The summed E-state index contributed by atoms with van der Waals surface area (Å²) in [5.41, 5.74) is 0.969. The van der Waals surface area contributed by atoms with Crippen molar-refractivity contribution in [1.29, 1.82) is 0 Å². The quantitative estimate of drug-likeness (QED) is 0.865. The number of nitrogens with zero attached hydrogens (tertiary/aromatic N) is 2. The molecule has 1 unspecified atom stereocenters. The monoisotopic (exact) mass is 261 g/mol. The second kappa shape index (κ2) is 6.22. The summed E-state index contributed by atoms with van der Waals surface area (Å²) >= 11 is 0. The zero-order chi connectivity index (χ0) is 13.7. The molecule has 0 fully saturated rings. The lowest BCUT2D eigenvalue weighted by Crippen LogP contribution is -2.09. The molecule has 5 heteroatoms. The fraction of sp³-hybridized carbons (Fsp3) is 0.429. The second-order valence-corrected chi connectivity index (χ2v) is 4.43. The molecule has 0 spiro atoms. The lowest BCUT2D eigenvalue weighted by molar-refractivity contribution is 0.217. The van der Waals surface area contributed by atoms with Crippen LogP contribution in [0.1, 0.15) is 32.0 Å². The van der Waals surface area contributed by atoms with E-state index in [-0.39, 0.29) is 6.10 Å². The fourth-order valence-electron chi connectivity index (χ4n) is 1.58. The smallest absolute Gasteiger partial charge is 0.235 e. The molecule has 19 heavy (non-hydrogen) atoms. The van der Waals surface area contributed by atoms with Gasteiger partial charge >= 0.3 is 0 Å². The van der Waals surface area contributed by atoms with Gasteiger partial charge in [0, 0.05) is 18.7 Å². The molecule has 0 amide bonds. The fourth-order valence-corrected chi connectivity index (χ4v) is 1.58. The maximum Gasteiger partial charge on any atom is 0.235 e. The number of benzene rings is 1. The van der Waals surface area contributed by atoms with Crippen LogP contribution in [-0.4, -0.2) is 16.3 Å². The molecule has 0 aliphatic carbocycles. The van der Waals surface area contributed by atoms with E-state index in [9.17, 15) is 0 Å². The topological polar surface area (TPSA) is 60.2 Å². The van der Waals surface area contributed by atoms with Gasteiger partial charge < -0.3 is 14.5 Å². The van der Waals surface area contributed by atoms with Crippen molar-refractivity contribution in [1.82, 2.24) is 10.2 Å². The Morgan fingerprint density at radius 1 is 1.37 bits per heavy atom. The standard InChI is InChI=1S/C14H19N3O2/c1-4-10(2)18-13-7-5-6-12(8-13)15-9-14-17-16-11(3)19-14/h5-8,10,15H,4,9H2,1-3H3. The van der Waals surface area contributed by atoms with Crippen LogP contribution in [0.5, 0.6) is 5.75 Å². The Morgan fingerprint density at radius 2 is 2.21 bits per heavy atom. The minimum atomic E-state index is 0.217. The lowest BCUT2D eigenvalue weighted by Gasteiger charge is -2.13. The molecule has 1 heterocycles. The molecule has 5 nitrogen and oxygen atoms in total. The van der Waals surface area contributed by atoms with Gasteiger partial charge in [0.25, 0.3) is 0 Å². The molecule has 102 valence electrons. The van der Waals surface area contributed by atoms with E-state index in [0.717, 1.165) is 17.9 Å². The van der Waals surface area contributed by atoms with E-state index in [1.165, 1.54) is 0 Å². The first-order valence-electron chi connectivity index (χ1n) is 6.47. The van der Waals surface area contributed by atoms with Crippen LogP contribution in [0.4, 0.5) is 5.69 Å². The zero-order valence-electron chi connectivity index (χ0n) is 11.5. The normalized spacial score (nSPS) is 12.2. The van der Waals surface area contributed by atoms with E-state index in [0.29, 0.717) is 18.3 Å². The van der Waals surface area contributed by atoms with E-state index in [1.807, 2.05) is 24.3 Å². The summed E-state index contributed by atoms with van der Waals surface area (Å²) in [7, 11) is 0. The Bertz CT molecular complexity index is 525. The molecule has 1 N–H and O–H groups in total. The minimum absolute atomic E-state index is 0.217. The third-order valence-electron chi connectivity index (χ3n) is 2.76. The van der Waals surface area contributed by atoms with Gasteiger partial charge in [0.05, 0.1) is 12.6 Å². The molecule has 2 aromatic rings. The Kier molecular flexibility index (Phi) is 4.39. The second-order valence-electron chi connectivity index (χ2n) is 4.43. The molecule has 0 bridgehead atoms. The third kappa shape index (κ3) is 3.98. The molecular weight excluding hydrogens is 242 g/mol. The third-order valence-corrected chi connectivity index (χ3v) is 2.76. The first kappa shape index (κ1) is 13.4. The number of nitrogens with one attached hydrogen (secondary N) is 1. The highest BCUT2D eigenvalue weighted by atomic mass is 16.5. The van der Waals surface area contributed by atoms with Crippen LogP contribution in [0.2, 0.25) is 0 Å². The molecule has 0 saturated heterocycles. The maximum atomic E-state index is 5.77. The first-order chi connectivity index (χ1) is 9.17. The minimum Gasteiger partial charge on any atom is -0.491 e. The zero-order valence-corrected chi connectivity index (χ0v) is 11.5. The summed E-state index contributed by atoms with van der Waals surface area (Å²) in [5.74, 6) is 2.01. The summed E-state index contributed by atoms with van der Waals surface area (Å²) in [4.78, 5) is 0. The molecule has 0 aliphatic rings. The van der Waals surface area contributed by atoms with Crippen molar-refractivity contribution in [2.24, 2.45) is 0 Å². The average Bonchev–Trinajstić information content (AvgIpc) is 2.82. The number of ether oxygens (including phenoxy) is 1. The van der Waals surface area contributed by atoms with E-state index in [2.05, 4.69) is 29.4 Å². The predicted octanol–water partition coefficient (Wildman–Crippen LogP) is 3.17. The molecule has 0 radical (unpaired) electrons. The first-order valence-corrected chi connectivity index (χ1v) is 6.47. The number of anilines is 1. The van der Waals surface area contributed by atoms with Gasteiger partial charge in [-0.05, 0) is 25.5 Å². The SMILES string of the molecule is CCC(C)Oc1cccc(NCc2nnc(C)o2)c1. The molecule has 1 aromatic heterocycles. The summed E-state index contributed by atoms with van der Waals surface area (Å²) in [6.07, 6.45) is 1.20. The van der Waals surface area contributed by atoms with Crippen molar-refractivity contribution in [2.45, 2.75) is 39.8 Å². The number of aryl methyl sites for hydroxylation is 1. The van der Waals surface area contributed by atoms with Crippen LogP contribution in [0, 0.1) is 6.92 Å². The number of hydrogen-bond acceptors (Lipinski definition) is 5. The average molecular weight is 261 g/mol. The van der Waals surface area contributed by atoms with Gasteiger partial charge in [-0.25, -0.2) is 0 Å². The molecule has 1 atom stereocenters. The molecule has 1 aromatic carbocycles. The Morgan fingerprint density at radius 3 is 2.89 bits per heavy atom. The van der Waals surface area contributed by atoms with Gasteiger partial charge in [-0.15, -0.1) is 10.2 Å². The number of aromatic nitrogens is 2. The van der Waals surface area contributed by atoms with Crippen LogP contribution < -0.4 is 10.1 Å². The van der Waals surface area contributed by atoms with Crippen molar-refractivity contribution < 1.29 is 9.15 Å². The van der Waals surface area contributed by atoms with Crippen molar-refractivity contribution in [2.75, 3.05) is 5.32 Å². The van der Waals surface area contributed by atoms with Gasteiger partial charge in [-0.1, -0.05) is 13.0 Å². The predicted molar refractivity (Wildman–Crippen MR) is 73.2 cm³/mol. The van der Waals surface area contributed by atoms with Gasteiger partial charge in [0.1, 0.15) is 5.75 Å². The summed E-state index contributed by atoms with van der Waals surface area (Å²) in [5, 5.41) is 10.9. The summed E-state index contributed by atoms with van der Waals surface area (Å²) in [6.45, 7) is 6.44. The lowest BCUT2D eigenvalue weighted by atomic mass is 10.2. The van der Waals surface area contributed by atoms with Crippen LogP contribution >= 0.6 is 0 Å². The van der Waals surface area contributed by atoms with Crippen molar-refractivity contribution in [3.63, 3.8) is 0 Å². The van der Waals surface area contributed by atoms with Gasteiger partial charge in [-0.2, -0.15) is 0 Å². The molecular formula is C14H19N3O2. The van der Waals surface area contributed by atoms with E-state index < -0.39 is 0 Å². The van der Waals surface area contributed by atoms with Gasteiger partial charge in [-0.3, -0.25) is 0 Å². The number of rotatable bonds is 6. The van der Waals surface area contributed by atoms with Crippen LogP contribution in [0.15, 0.2) is 28.7 Å². The van der Waals surface area contributed by atoms with Gasteiger partial charge in [0.15, 0.2) is 0 Å². The van der Waals surface area contributed by atoms with Gasteiger partial charge in [0.2, 0.25) is 11.8 Å². The van der Waals surface area contributed by atoms with E-state index >= 15 is 0 Å². The van der Waals surface area contributed by atoms with Crippen LogP contribution in [0.3, 0.4) is 0 Å². The highest BCUT2D eigenvalue weighted by molar-refractivity contribution is 5.48. The summed E-state index contributed by atoms with van der Waals surface area (Å²) < 4.78 is 11.1. The highest BCUT2D eigenvalue weighted by Crippen LogP contribution is 2.19. The Balaban J connectivity index is 1.95. The maximum absolute atomic E-state index is 5.77. The van der Waals surface area contributed by atoms with Crippen molar-refractivity contribution in [3.8, 4) is 5.75 Å². The van der Waals surface area contributed by atoms with Crippen molar-refractivity contribution >= 4 is 5.69 Å². The molecule has 2 rings (SSSR count). The summed E-state index contributed by atoms with van der Waals surface area (Å²) in [6, 6.07) is 7.86. The number of hydrogen-bond donors (Lipinski definition) is 1. The van der Waals surface area contributed by atoms with E-state index in [1.54, 1.807) is 6.92 Å². The van der Waals surface area contributed by atoms with Crippen LogP contribution in [-0.2, 0) is 6.54 Å². The van der Waals surface area contributed by atoms with Crippen molar-refractivity contribution in [3.05, 3.63) is 36.0 Å². The van der Waals surface area contributed by atoms with E-state index in [4.69, 9.17) is 9.15 Å². The highest BCUT2D eigenvalue weighted by Gasteiger charge is 2.04. The molecule has 0 aliphatic heterocycles. The Hall–Kier alpha value is -2.04.